The van der Waals surface area contributed by atoms with Gasteiger partial charge in [-0.15, -0.1) is 0 Å². The number of ketones is 1. The molecule has 1 saturated heterocycles. The predicted molar refractivity (Wildman–Crippen MR) is 56.0 cm³/mol. The molecule has 0 amide bonds. The van der Waals surface area contributed by atoms with Crippen LogP contribution in [-0.4, -0.2) is 35.9 Å². The lowest BCUT2D eigenvalue weighted by Gasteiger charge is -2.38. The van der Waals surface area contributed by atoms with E-state index in [1.54, 1.807) is 0 Å². The molecule has 0 atom stereocenters. The minimum Gasteiger partial charge on any atom is -0.328 e. The number of nitrogens with zero attached hydrogens (tertiary/aromatic N) is 1. The SMILES string of the molecule is NC1CCN(C2CCC(=O)CC2)CC1. The Morgan fingerprint density at radius 1 is 1.07 bits per heavy atom. The van der Waals surface area contributed by atoms with Crippen LogP contribution in [-0.2, 0) is 4.79 Å². The lowest BCUT2D eigenvalue weighted by Crippen LogP contribution is -2.46. The number of rotatable bonds is 1. The highest BCUT2D eigenvalue weighted by Crippen LogP contribution is 2.23. The monoisotopic (exact) mass is 196 g/mol. The van der Waals surface area contributed by atoms with E-state index in [1.165, 1.54) is 0 Å². The average molecular weight is 196 g/mol. The Labute approximate surface area is 85.6 Å². The highest BCUT2D eigenvalue weighted by Gasteiger charge is 2.26. The van der Waals surface area contributed by atoms with Crippen molar-refractivity contribution in [3.8, 4) is 0 Å². The van der Waals surface area contributed by atoms with E-state index in [9.17, 15) is 4.79 Å². The molecule has 0 unspecified atom stereocenters. The number of hydrogen-bond donors (Lipinski definition) is 1. The van der Waals surface area contributed by atoms with Crippen LogP contribution in [0.1, 0.15) is 38.5 Å². The molecule has 2 N–H and O–H groups in total. The largest absolute Gasteiger partial charge is 0.328 e. The molecule has 0 radical (unpaired) electrons. The van der Waals surface area contributed by atoms with E-state index in [0.717, 1.165) is 51.6 Å². The second-order valence-electron chi connectivity index (χ2n) is 4.64. The van der Waals surface area contributed by atoms with E-state index in [-0.39, 0.29) is 0 Å². The van der Waals surface area contributed by atoms with Crippen molar-refractivity contribution in [2.45, 2.75) is 50.6 Å². The highest BCUT2D eigenvalue weighted by molar-refractivity contribution is 5.79. The van der Waals surface area contributed by atoms with Crippen molar-refractivity contribution >= 4 is 5.78 Å². The Morgan fingerprint density at radius 3 is 2.21 bits per heavy atom. The normalized spacial score (nSPS) is 28.2. The molecule has 2 fully saturated rings. The smallest absolute Gasteiger partial charge is 0.133 e. The zero-order valence-electron chi connectivity index (χ0n) is 8.74. The van der Waals surface area contributed by atoms with Gasteiger partial charge in [-0.1, -0.05) is 0 Å². The Balaban J connectivity index is 1.81. The third kappa shape index (κ3) is 2.34. The highest BCUT2D eigenvalue weighted by atomic mass is 16.1. The lowest BCUT2D eigenvalue weighted by atomic mass is 9.91. The molecule has 0 aromatic rings. The molecule has 1 saturated carbocycles. The van der Waals surface area contributed by atoms with Gasteiger partial charge in [-0.25, -0.2) is 0 Å². The van der Waals surface area contributed by atoms with Crippen molar-refractivity contribution in [3.05, 3.63) is 0 Å². The minimum atomic E-state index is 0.413. The number of carbonyl (C=O) groups excluding carboxylic acids is 1. The summed E-state index contributed by atoms with van der Waals surface area (Å²) in [5.41, 5.74) is 5.87. The molecule has 1 aliphatic carbocycles. The van der Waals surface area contributed by atoms with Gasteiger partial charge in [0.1, 0.15) is 5.78 Å². The molecule has 3 nitrogen and oxygen atoms in total. The molecule has 0 aromatic heterocycles. The van der Waals surface area contributed by atoms with Crippen LogP contribution in [0.15, 0.2) is 0 Å². The Bertz CT molecular complexity index is 199. The van der Waals surface area contributed by atoms with Gasteiger partial charge in [0.15, 0.2) is 0 Å². The fraction of sp³-hybridized carbons (Fsp3) is 0.909. The van der Waals surface area contributed by atoms with Crippen molar-refractivity contribution in [2.75, 3.05) is 13.1 Å². The fourth-order valence-electron chi connectivity index (χ4n) is 2.57. The average Bonchev–Trinajstić information content (AvgIpc) is 2.21. The first-order valence-electron chi connectivity index (χ1n) is 5.77. The maximum atomic E-state index is 11.1. The zero-order valence-corrected chi connectivity index (χ0v) is 8.74. The van der Waals surface area contributed by atoms with Gasteiger partial charge in [-0.2, -0.15) is 0 Å². The molecule has 14 heavy (non-hydrogen) atoms. The first kappa shape index (κ1) is 10.1. The summed E-state index contributed by atoms with van der Waals surface area (Å²) in [7, 11) is 0. The third-order valence-corrected chi connectivity index (χ3v) is 3.60. The summed E-state index contributed by atoms with van der Waals surface area (Å²) in [6.45, 7) is 2.28. The lowest BCUT2D eigenvalue weighted by molar-refractivity contribution is -0.121. The molecule has 1 heterocycles. The van der Waals surface area contributed by atoms with Crippen LogP contribution in [0.4, 0.5) is 0 Å². The molecule has 0 aromatic carbocycles. The molecule has 2 rings (SSSR count). The van der Waals surface area contributed by atoms with Crippen molar-refractivity contribution in [1.82, 2.24) is 4.90 Å². The molecule has 2 aliphatic rings. The number of piperidine rings is 1. The molecule has 0 bridgehead atoms. The van der Waals surface area contributed by atoms with Crippen LogP contribution in [0, 0.1) is 0 Å². The standard InChI is InChI=1S/C11H20N2O/c12-9-5-7-13(8-6-9)10-1-3-11(14)4-2-10/h9-10H,1-8,12H2. The third-order valence-electron chi connectivity index (χ3n) is 3.60. The molecule has 1 aliphatic heterocycles. The summed E-state index contributed by atoms with van der Waals surface area (Å²) < 4.78 is 0. The summed E-state index contributed by atoms with van der Waals surface area (Å²) in [4.78, 5) is 13.6. The fourth-order valence-corrected chi connectivity index (χ4v) is 2.57. The van der Waals surface area contributed by atoms with Crippen LogP contribution in [0.25, 0.3) is 0 Å². The number of Topliss-reactive ketones (excluding diaryl/α,β-unsaturated/α-hetero) is 1. The van der Waals surface area contributed by atoms with Crippen molar-refractivity contribution in [1.29, 1.82) is 0 Å². The van der Waals surface area contributed by atoms with Crippen LogP contribution in [0.5, 0.6) is 0 Å². The summed E-state index contributed by atoms with van der Waals surface area (Å²) in [6, 6.07) is 1.08. The summed E-state index contributed by atoms with van der Waals surface area (Å²) >= 11 is 0. The number of likely N-dealkylation sites (tertiary alicyclic amines) is 1. The van der Waals surface area contributed by atoms with Gasteiger partial charge in [-0.05, 0) is 38.8 Å². The van der Waals surface area contributed by atoms with Crippen molar-refractivity contribution < 1.29 is 4.79 Å². The quantitative estimate of drug-likeness (QED) is 0.678. The molecule has 0 spiro atoms. The van der Waals surface area contributed by atoms with Gasteiger partial charge in [0.05, 0.1) is 0 Å². The van der Waals surface area contributed by atoms with E-state index in [0.29, 0.717) is 17.9 Å². The van der Waals surface area contributed by atoms with E-state index < -0.39 is 0 Å². The van der Waals surface area contributed by atoms with E-state index >= 15 is 0 Å². The van der Waals surface area contributed by atoms with Gasteiger partial charge in [0, 0.05) is 24.9 Å². The maximum Gasteiger partial charge on any atom is 0.133 e. The summed E-state index contributed by atoms with van der Waals surface area (Å²) in [5.74, 6) is 0.454. The van der Waals surface area contributed by atoms with Gasteiger partial charge in [-0.3, -0.25) is 4.79 Å². The molecular formula is C11H20N2O. The number of carbonyl (C=O) groups is 1. The van der Waals surface area contributed by atoms with E-state index in [2.05, 4.69) is 4.90 Å². The zero-order chi connectivity index (χ0) is 9.97. The maximum absolute atomic E-state index is 11.1. The van der Waals surface area contributed by atoms with Gasteiger partial charge < -0.3 is 10.6 Å². The van der Waals surface area contributed by atoms with E-state index in [4.69, 9.17) is 5.73 Å². The van der Waals surface area contributed by atoms with Crippen LogP contribution < -0.4 is 5.73 Å². The predicted octanol–water partition coefficient (Wildman–Crippen LogP) is 0.921. The Kier molecular flexibility index (Phi) is 3.19. The second kappa shape index (κ2) is 4.41. The second-order valence-corrected chi connectivity index (χ2v) is 4.64. The van der Waals surface area contributed by atoms with Crippen LogP contribution in [0.2, 0.25) is 0 Å². The van der Waals surface area contributed by atoms with Gasteiger partial charge in [0.25, 0.3) is 0 Å². The van der Waals surface area contributed by atoms with Gasteiger partial charge >= 0.3 is 0 Å². The number of hydrogen-bond acceptors (Lipinski definition) is 3. The number of nitrogens with two attached hydrogens (primary N) is 1. The molecule has 3 heteroatoms. The first-order chi connectivity index (χ1) is 6.75. The Morgan fingerprint density at radius 2 is 1.64 bits per heavy atom. The molecule has 80 valence electrons. The molecular weight excluding hydrogens is 176 g/mol. The van der Waals surface area contributed by atoms with Crippen LogP contribution in [0.3, 0.4) is 0 Å². The summed E-state index contributed by atoms with van der Waals surface area (Å²) in [6.07, 6.45) is 6.01. The van der Waals surface area contributed by atoms with Crippen molar-refractivity contribution in [3.63, 3.8) is 0 Å². The minimum absolute atomic E-state index is 0.413. The Hall–Kier alpha value is -0.410. The topological polar surface area (TPSA) is 46.3 Å². The first-order valence-corrected chi connectivity index (χ1v) is 5.77. The summed E-state index contributed by atoms with van der Waals surface area (Å²) in [5, 5.41) is 0. The van der Waals surface area contributed by atoms with Gasteiger partial charge in [0.2, 0.25) is 0 Å². The van der Waals surface area contributed by atoms with Crippen LogP contribution >= 0.6 is 0 Å². The van der Waals surface area contributed by atoms with E-state index in [1.807, 2.05) is 0 Å². The van der Waals surface area contributed by atoms with Crippen molar-refractivity contribution in [2.24, 2.45) is 5.73 Å².